The van der Waals surface area contributed by atoms with Gasteiger partial charge in [0.15, 0.2) is 17.3 Å². The highest BCUT2D eigenvalue weighted by atomic mass is 35.5. The first kappa shape index (κ1) is 25.1. The molecule has 2 unspecified atom stereocenters. The first-order valence-corrected chi connectivity index (χ1v) is 12.3. The van der Waals surface area contributed by atoms with E-state index in [9.17, 15) is 27.5 Å². The molecule has 2 aromatic rings. The van der Waals surface area contributed by atoms with Gasteiger partial charge in [-0.2, -0.15) is 18.2 Å². The fourth-order valence-corrected chi connectivity index (χ4v) is 5.40. The van der Waals surface area contributed by atoms with Crippen LogP contribution in [0.3, 0.4) is 0 Å². The second-order valence-electron chi connectivity index (χ2n) is 10.1. The van der Waals surface area contributed by atoms with Gasteiger partial charge < -0.3 is 24.5 Å². The Hall–Kier alpha value is -2.53. The van der Waals surface area contributed by atoms with Gasteiger partial charge in [0.25, 0.3) is 11.9 Å². The topological polar surface area (TPSA) is 87.8 Å². The number of benzene rings is 1. The number of hydrogen-bond donors (Lipinski definition) is 2. The molecule has 196 valence electrons. The van der Waals surface area contributed by atoms with Crippen molar-refractivity contribution in [2.75, 3.05) is 29.9 Å². The minimum Gasteiger partial charge on any atom is -0.486 e. The van der Waals surface area contributed by atoms with E-state index in [2.05, 4.69) is 10.3 Å². The number of carbonyl (C=O) groups is 1. The van der Waals surface area contributed by atoms with Crippen LogP contribution < -0.4 is 15.0 Å². The molecule has 2 N–H and O–H groups in total. The molecule has 3 aliphatic rings. The number of oxazole rings is 1. The molecule has 12 heteroatoms. The van der Waals surface area contributed by atoms with Crippen molar-refractivity contribution in [1.29, 1.82) is 0 Å². The van der Waals surface area contributed by atoms with Crippen LogP contribution in [0.5, 0.6) is 5.75 Å². The van der Waals surface area contributed by atoms with Gasteiger partial charge in [0, 0.05) is 30.3 Å². The molecule has 1 aliphatic heterocycles. The van der Waals surface area contributed by atoms with Gasteiger partial charge >= 0.3 is 6.18 Å². The number of ether oxygens (including phenoxy) is 1. The third kappa shape index (κ3) is 5.00. The summed E-state index contributed by atoms with van der Waals surface area (Å²) in [5.74, 6) is -1.27. The van der Waals surface area contributed by atoms with E-state index in [-0.39, 0.29) is 35.2 Å². The number of fused-ring (bicyclic) bond motifs is 1. The second-order valence-corrected chi connectivity index (χ2v) is 10.5. The van der Waals surface area contributed by atoms with Gasteiger partial charge in [0.1, 0.15) is 12.2 Å². The van der Waals surface area contributed by atoms with Gasteiger partial charge in [-0.1, -0.05) is 18.5 Å². The molecule has 1 aromatic heterocycles. The maximum Gasteiger partial charge on any atom is 0.396 e. The number of aromatic nitrogens is 1. The Morgan fingerprint density at radius 3 is 2.58 bits per heavy atom. The number of nitrogens with one attached hydrogen (secondary N) is 1. The van der Waals surface area contributed by atoms with Crippen LogP contribution in [0.4, 0.5) is 29.3 Å². The summed E-state index contributed by atoms with van der Waals surface area (Å²) in [7, 11) is 0. The van der Waals surface area contributed by atoms with Crippen LogP contribution in [0.2, 0.25) is 5.02 Å². The number of carbonyl (C=O) groups excluding carboxylic acids is 1. The Morgan fingerprint density at radius 1 is 1.31 bits per heavy atom. The first-order chi connectivity index (χ1) is 17.0. The van der Waals surface area contributed by atoms with Gasteiger partial charge in [-0.25, -0.2) is 4.39 Å². The first-order valence-electron chi connectivity index (χ1n) is 11.9. The predicted octanol–water partition coefficient (Wildman–Crippen LogP) is 5.21. The lowest BCUT2D eigenvalue weighted by atomic mass is 9.78. The van der Waals surface area contributed by atoms with Crippen molar-refractivity contribution < 1.29 is 36.6 Å². The predicted molar refractivity (Wildman–Crippen MR) is 123 cm³/mol. The summed E-state index contributed by atoms with van der Waals surface area (Å²) in [6, 6.07) is 2.15. The second kappa shape index (κ2) is 9.09. The Bertz CT molecular complexity index is 1130. The van der Waals surface area contributed by atoms with Gasteiger partial charge in [-0.3, -0.25) is 4.79 Å². The molecular formula is C24H26ClF4N3O4. The Kier molecular flexibility index (Phi) is 6.35. The third-order valence-electron chi connectivity index (χ3n) is 7.41. The summed E-state index contributed by atoms with van der Waals surface area (Å²) in [5.41, 5.74) is -0.999. The van der Waals surface area contributed by atoms with E-state index in [0.717, 1.165) is 18.9 Å². The van der Waals surface area contributed by atoms with Gasteiger partial charge in [-0.05, 0) is 43.6 Å². The van der Waals surface area contributed by atoms with Crippen LogP contribution in [-0.2, 0) is 6.42 Å². The van der Waals surface area contributed by atoms with Crippen molar-refractivity contribution in [1.82, 2.24) is 4.98 Å². The minimum absolute atomic E-state index is 0.0530. The highest BCUT2D eigenvalue weighted by Gasteiger charge is 2.47. The maximum atomic E-state index is 14.8. The molecule has 1 amide bonds. The molecule has 5 rings (SSSR count). The molecule has 3 fully saturated rings. The number of nitrogens with zero attached hydrogens (tertiary/aromatic N) is 2. The molecular weight excluding hydrogens is 506 g/mol. The van der Waals surface area contributed by atoms with Gasteiger partial charge in [0.2, 0.25) is 0 Å². The molecule has 0 bridgehead atoms. The van der Waals surface area contributed by atoms with E-state index < -0.39 is 41.2 Å². The van der Waals surface area contributed by atoms with Crippen LogP contribution in [-0.4, -0.2) is 48.0 Å². The molecule has 0 spiro atoms. The lowest BCUT2D eigenvalue weighted by Gasteiger charge is -2.48. The standard InChI is InChI=1S/C24H26ClF4N3O4/c1-2-23(11-33)9-32(10-23)22-31-19(18(36-22)8-24(27,28)29)21(34)30-14-6-16(25)20(17(26)7-14)35-15-4-12-3-13(12)5-15/h6-7,12-13,15,33H,2-5,8-11H2,1H3,(H,30,34)/t12-,13?,15?/m1/s1. The number of anilines is 2. The van der Waals surface area contributed by atoms with E-state index in [1.165, 1.54) is 12.5 Å². The number of hydrogen-bond acceptors (Lipinski definition) is 6. The monoisotopic (exact) mass is 531 g/mol. The van der Waals surface area contributed by atoms with Gasteiger partial charge in [0.05, 0.1) is 17.7 Å². The smallest absolute Gasteiger partial charge is 0.396 e. The van der Waals surface area contributed by atoms with Crippen LogP contribution in [0.1, 0.15) is 48.9 Å². The molecule has 36 heavy (non-hydrogen) atoms. The molecule has 1 saturated heterocycles. The summed E-state index contributed by atoms with van der Waals surface area (Å²) in [5, 5.41) is 11.9. The van der Waals surface area contributed by atoms with E-state index in [4.69, 9.17) is 20.8 Å². The van der Waals surface area contributed by atoms with E-state index in [0.29, 0.717) is 31.3 Å². The summed E-state index contributed by atoms with van der Waals surface area (Å²) in [4.78, 5) is 18.4. The normalized spacial score (nSPS) is 24.3. The zero-order valence-corrected chi connectivity index (χ0v) is 20.3. The van der Waals surface area contributed by atoms with E-state index >= 15 is 0 Å². The molecule has 3 atom stereocenters. The number of aliphatic hydroxyl groups excluding tert-OH is 1. The van der Waals surface area contributed by atoms with Crippen molar-refractivity contribution in [2.24, 2.45) is 17.3 Å². The summed E-state index contributed by atoms with van der Waals surface area (Å²) in [6.07, 6.45) is -2.71. The summed E-state index contributed by atoms with van der Waals surface area (Å²) >= 11 is 6.21. The molecule has 2 heterocycles. The largest absolute Gasteiger partial charge is 0.486 e. The number of amides is 1. The molecule has 0 radical (unpaired) electrons. The average molecular weight is 532 g/mol. The third-order valence-corrected chi connectivity index (χ3v) is 7.69. The van der Waals surface area contributed by atoms with Crippen LogP contribution in [0.15, 0.2) is 16.5 Å². The maximum absolute atomic E-state index is 14.8. The highest BCUT2D eigenvalue weighted by Crippen LogP contribution is 2.53. The Morgan fingerprint density at radius 2 is 2.00 bits per heavy atom. The number of halogens is 5. The molecule has 7 nitrogen and oxygen atoms in total. The van der Waals surface area contributed by atoms with Crippen molar-refractivity contribution in [3.63, 3.8) is 0 Å². The lowest BCUT2D eigenvalue weighted by Crippen LogP contribution is -2.58. The fraction of sp³-hybridized carbons (Fsp3) is 0.583. The number of aliphatic hydroxyl groups is 1. The molecule has 1 aromatic carbocycles. The molecule has 2 saturated carbocycles. The van der Waals surface area contributed by atoms with Gasteiger partial charge in [-0.15, -0.1) is 0 Å². The highest BCUT2D eigenvalue weighted by molar-refractivity contribution is 6.32. The minimum atomic E-state index is -4.64. The zero-order chi connectivity index (χ0) is 25.8. The van der Waals surface area contributed by atoms with E-state index in [1.807, 2.05) is 6.92 Å². The van der Waals surface area contributed by atoms with Crippen molar-refractivity contribution in [3.05, 3.63) is 34.4 Å². The zero-order valence-electron chi connectivity index (χ0n) is 19.5. The van der Waals surface area contributed by atoms with Crippen LogP contribution in [0.25, 0.3) is 0 Å². The Labute approximate surface area is 209 Å². The van der Waals surface area contributed by atoms with Crippen molar-refractivity contribution in [3.8, 4) is 5.75 Å². The quantitative estimate of drug-likeness (QED) is 0.455. The van der Waals surface area contributed by atoms with Crippen LogP contribution >= 0.6 is 11.6 Å². The Balaban J connectivity index is 1.32. The number of alkyl halides is 3. The molecule has 2 aliphatic carbocycles. The summed E-state index contributed by atoms with van der Waals surface area (Å²) < 4.78 is 65.3. The SMILES string of the molecule is CCC1(CO)CN(c2nc(C(=O)Nc3cc(F)c(OC4CC5C[C@@H]5C4)c(Cl)c3)c(CC(F)(F)F)o2)C1. The van der Waals surface area contributed by atoms with Crippen molar-refractivity contribution >= 4 is 29.2 Å². The van der Waals surface area contributed by atoms with Crippen LogP contribution in [0, 0.1) is 23.1 Å². The lowest BCUT2D eigenvalue weighted by molar-refractivity contribution is -0.130. The summed E-state index contributed by atoms with van der Waals surface area (Å²) in [6.45, 7) is 2.47. The average Bonchev–Trinajstić information content (AvgIpc) is 3.17. The fourth-order valence-electron chi connectivity index (χ4n) is 5.15. The number of rotatable bonds is 8. The van der Waals surface area contributed by atoms with Crippen molar-refractivity contribution in [2.45, 2.75) is 51.3 Å². The van der Waals surface area contributed by atoms with E-state index in [1.54, 1.807) is 4.90 Å².